The minimum Gasteiger partial charge on any atom is -0.497 e. The van der Waals surface area contributed by atoms with Crippen LogP contribution < -0.4 is 10.3 Å². The summed E-state index contributed by atoms with van der Waals surface area (Å²) in [7, 11) is 1.68. The molecule has 1 aliphatic rings. The first-order chi connectivity index (χ1) is 13.0. The van der Waals surface area contributed by atoms with Gasteiger partial charge in [0.1, 0.15) is 11.6 Å². The number of fused-ring (bicyclic) bond motifs is 1. The molecule has 1 saturated heterocycles. The zero-order chi connectivity index (χ0) is 19.0. The van der Waals surface area contributed by atoms with Crippen LogP contribution in [0.15, 0.2) is 50.1 Å². The van der Waals surface area contributed by atoms with Gasteiger partial charge in [-0.05, 0) is 65.1 Å². The normalized spacial score (nSPS) is 17.5. The molecule has 2 heterocycles. The van der Waals surface area contributed by atoms with Crippen LogP contribution in [0.1, 0.15) is 30.3 Å². The molecule has 1 atom stereocenters. The number of methoxy groups -OCH3 is 1. The number of H-pyrrole nitrogens is 1. The summed E-state index contributed by atoms with van der Waals surface area (Å²) in [4.78, 5) is 22.6. The van der Waals surface area contributed by atoms with Crippen molar-refractivity contribution in [3.05, 3.63) is 67.1 Å². The largest absolute Gasteiger partial charge is 0.497 e. The molecule has 27 heavy (non-hydrogen) atoms. The van der Waals surface area contributed by atoms with Crippen molar-refractivity contribution >= 4 is 42.8 Å². The second-order valence-electron chi connectivity index (χ2n) is 6.70. The van der Waals surface area contributed by atoms with Gasteiger partial charge in [0.25, 0.3) is 5.56 Å². The Hall–Kier alpha value is -1.70. The Morgan fingerprint density at radius 1 is 1.26 bits per heavy atom. The maximum absolute atomic E-state index is 12.5. The Bertz CT molecular complexity index is 1030. The van der Waals surface area contributed by atoms with Crippen LogP contribution in [0.4, 0.5) is 0 Å². The van der Waals surface area contributed by atoms with Crippen molar-refractivity contribution in [3.63, 3.8) is 0 Å². The van der Waals surface area contributed by atoms with Crippen molar-refractivity contribution in [3.8, 4) is 5.75 Å². The van der Waals surface area contributed by atoms with E-state index in [-0.39, 0.29) is 5.56 Å². The maximum Gasteiger partial charge on any atom is 0.258 e. The Kier molecular flexibility index (Phi) is 5.34. The summed E-state index contributed by atoms with van der Waals surface area (Å²) in [6, 6.07) is 12.3. The number of nitrogens with zero attached hydrogens (tertiary/aromatic N) is 2. The second-order valence-corrected chi connectivity index (χ2v) is 8.47. The van der Waals surface area contributed by atoms with Gasteiger partial charge in [0, 0.05) is 15.0 Å². The molecule has 0 aliphatic carbocycles. The van der Waals surface area contributed by atoms with E-state index in [1.54, 1.807) is 13.2 Å². The monoisotopic (exact) mass is 491 g/mol. The summed E-state index contributed by atoms with van der Waals surface area (Å²) in [5.41, 5.74) is 1.84. The molecule has 1 unspecified atom stereocenters. The van der Waals surface area contributed by atoms with Crippen molar-refractivity contribution < 1.29 is 4.74 Å². The highest BCUT2D eigenvalue weighted by Gasteiger charge is 2.26. The highest BCUT2D eigenvalue weighted by molar-refractivity contribution is 9.11. The van der Waals surface area contributed by atoms with Gasteiger partial charge in [-0.25, -0.2) is 4.98 Å². The topological polar surface area (TPSA) is 58.2 Å². The molecule has 2 aromatic carbocycles. The van der Waals surface area contributed by atoms with Crippen molar-refractivity contribution in [1.82, 2.24) is 14.9 Å². The van der Waals surface area contributed by atoms with Crippen molar-refractivity contribution in [2.45, 2.75) is 25.4 Å². The van der Waals surface area contributed by atoms with Crippen LogP contribution in [0.5, 0.6) is 5.75 Å². The van der Waals surface area contributed by atoms with Crippen molar-refractivity contribution in [1.29, 1.82) is 0 Å². The standard InChI is InChI=1S/C20H19Br2N3O2/c1-27-14-6-4-12(5-7-14)17-3-2-8-25(17)11-18-23-19-15(20(26)24-18)9-13(21)10-16(19)22/h4-7,9-10,17H,2-3,8,11H2,1H3,(H,23,24,26). The Morgan fingerprint density at radius 3 is 2.78 bits per heavy atom. The second kappa shape index (κ2) is 7.73. The first kappa shape index (κ1) is 18.7. The molecule has 4 rings (SSSR count). The third kappa shape index (κ3) is 3.81. The van der Waals surface area contributed by atoms with E-state index in [2.05, 4.69) is 53.9 Å². The van der Waals surface area contributed by atoms with Crippen LogP contribution in [0.2, 0.25) is 0 Å². The Labute approximate surface area is 174 Å². The van der Waals surface area contributed by atoms with Gasteiger partial charge >= 0.3 is 0 Å². The van der Waals surface area contributed by atoms with Crippen LogP contribution in [0.25, 0.3) is 10.9 Å². The van der Waals surface area contributed by atoms with Gasteiger partial charge in [-0.3, -0.25) is 9.69 Å². The lowest BCUT2D eigenvalue weighted by Gasteiger charge is -2.24. The molecule has 140 valence electrons. The molecule has 7 heteroatoms. The van der Waals surface area contributed by atoms with Gasteiger partial charge in [-0.2, -0.15) is 0 Å². The van der Waals surface area contributed by atoms with Crippen LogP contribution in [0, 0.1) is 0 Å². The van der Waals surface area contributed by atoms with E-state index in [9.17, 15) is 4.79 Å². The SMILES string of the molecule is COc1ccc(C2CCCN2Cc2nc3c(Br)cc(Br)cc3c(=O)[nH]2)cc1. The lowest BCUT2D eigenvalue weighted by molar-refractivity contribution is 0.242. The first-order valence-electron chi connectivity index (χ1n) is 8.81. The van der Waals surface area contributed by atoms with Crippen molar-refractivity contribution in [2.24, 2.45) is 0 Å². The Morgan fingerprint density at radius 2 is 2.04 bits per heavy atom. The molecule has 3 aromatic rings. The Balaban J connectivity index is 1.63. The molecule has 1 fully saturated rings. The van der Waals surface area contributed by atoms with E-state index in [0.717, 1.165) is 34.1 Å². The van der Waals surface area contributed by atoms with Gasteiger partial charge in [0.05, 0.1) is 24.6 Å². The highest BCUT2D eigenvalue weighted by atomic mass is 79.9. The molecule has 0 bridgehead atoms. The number of hydrogen-bond donors (Lipinski definition) is 1. The molecule has 1 aromatic heterocycles. The van der Waals surface area contributed by atoms with E-state index in [0.29, 0.717) is 29.3 Å². The third-order valence-electron chi connectivity index (χ3n) is 4.99. The average molecular weight is 493 g/mol. The summed E-state index contributed by atoms with van der Waals surface area (Å²) in [5.74, 6) is 1.55. The summed E-state index contributed by atoms with van der Waals surface area (Å²) in [5, 5.41) is 0.577. The molecule has 0 amide bonds. The summed E-state index contributed by atoms with van der Waals surface area (Å²) in [6.45, 7) is 1.60. The quantitative estimate of drug-likeness (QED) is 0.568. The zero-order valence-corrected chi connectivity index (χ0v) is 18.0. The first-order valence-corrected chi connectivity index (χ1v) is 10.4. The number of benzene rings is 2. The van der Waals surface area contributed by atoms with Crippen LogP contribution in [-0.2, 0) is 6.54 Å². The number of hydrogen-bond acceptors (Lipinski definition) is 4. The predicted molar refractivity (Wildman–Crippen MR) is 113 cm³/mol. The molecule has 5 nitrogen and oxygen atoms in total. The number of halogens is 2. The van der Waals surface area contributed by atoms with E-state index in [1.165, 1.54) is 5.56 Å². The molecular weight excluding hydrogens is 474 g/mol. The van der Waals surface area contributed by atoms with E-state index in [1.807, 2.05) is 18.2 Å². The summed E-state index contributed by atoms with van der Waals surface area (Å²) < 4.78 is 6.92. The molecule has 1 N–H and O–H groups in total. The van der Waals surface area contributed by atoms with Gasteiger partial charge in [0.15, 0.2) is 0 Å². The number of likely N-dealkylation sites (tertiary alicyclic amines) is 1. The van der Waals surface area contributed by atoms with Gasteiger partial charge in [-0.15, -0.1) is 0 Å². The number of rotatable bonds is 4. The van der Waals surface area contributed by atoms with E-state index >= 15 is 0 Å². The van der Waals surface area contributed by atoms with Crippen LogP contribution in [0.3, 0.4) is 0 Å². The fourth-order valence-electron chi connectivity index (χ4n) is 3.70. The lowest BCUT2D eigenvalue weighted by atomic mass is 10.0. The van der Waals surface area contributed by atoms with Gasteiger partial charge in [-0.1, -0.05) is 28.1 Å². The smallest absolute Gasteiger partial charge is 0.258 e. The van der Waals surface area contributed by atoms with Crippen LogP contribution in [-0.4, -0.2) is 28.5 Å². The van der Waals surface area contributed by atoms with E-state index in [4.69, 9.17) is 9.72 Å². The molecule has 0 spiro atoms. The zero-order valence-electron chi connectivity index (χ0n) is 14.8. The fourth-order valence-corrected chi connectivity index (χ4v) is 5.01. The molecule has 0 radical (unpaired) electrons. The number of aromatic amines is 1. The number of aromatic nitrogens is 2. The average Bonchev–Trinajstić information content (AvgIpc) is 3.11. The number of ether oxygens (including phenoxy) is 1. The predicted octanol–water partition coefficient (Wildman–Crippen LogP) is 4.79. The third-order valence-corrected chi connectivity index (χ3v) is 6.06. The van der Waals surface area contributed by atoms with Gasteiger partial charge < -0.3 is 9.72 Å². The highest BCUT2D eigenvalue weighted by Crippen LogP contribution is 2.33. The van der Waals surface area contributed by atoms with E-state index < -0.39 is 0 Å². The van der Waals surface area contributed by atoms with Crippen LogP contribution >= 0.6 is 31.9 Å². The lowest BCUT2D eigenvalue weighted by Crippen LogP contribution is -2.25. The molecular formula is C20H19Br2N3O2. The number of nitrogens with one attached hydrogen (secondary N) is 1. The summed E-state index contributed by atoms with van der Waals surface area (Å²) in [6.07, 6.45) is 2.23. The fraction of sp³-hybridized carbons (Fsp3) is 0.300. The van der Waals surface area contributed by atoms with Gasteiger partial charge in [0.2, 0.25) is 0 Å². The minimum atomic E-state index is -0.114. The minimum absolute atomic E-state index is 0.114. The molecule has 0 saturated carbocycles. The maximum atomic E-state index is 12.5. The summed E-state index contributed by atoms with van der Waals surface area (Å²) >= 11 is 6.94. The van der Waals surface area contributed by atoms with Crippen molar-refractivity contribution in [2.75, 3.05) is 13.7 Å². The molecule has 1 aliphatic heterocycles.